The van der Waals surface area contributed by atoms with E-state index in [0.29, 0.717) is 11.4 Å². The third-order valence-electron chi connectivity index (χ3n) is 5.38. The molecular formula is C24H19F2N3O. The van der Waals surface area contributed by atoms with Crippen LogP contribution in [-0.4, -0.2) is 14.0 Å². The summed E-state index contributed by atoms with van der Waals surface area (Å²) in [7, 11) is 2.02. The Kier molecular flexibility index (Phi) is 4.28. The van der Waals surface area contributed by atoms with E-state index in [1.54, 1.807) is 6.07 Å². The Morgan fingerprint density at radius 2 is 1.77 bits per heavy atom. The molecule has 5 aromatic rings. The van der Waals surface area contributed by atoms with E-state index in [4.69, 9.17) is 4.74 Å². The van der Waals surface area contributed by atoms with Crippen molar-refractivity contribution < 1.29 is 13.5 Å². The van der Waals surface area contributed by atoms with Crippen molar-refractivity contribution in [3.8, 4) is 17.0 Å². The fraction of sp³-hybridized carbons (Fsp3) is 0.125. The Labute approximate surface area is 172 Å². The molecule has 0 saturated heterocycles. The van der Waals surface area contributed by atoms with Crippen molar-refractivity contribution in [1.82, 2.24) is 14.0 Å². The molecule has 0 unspecified atom stereocenters. The van der Waals surface area contributed by atoms with E-state index >= 15 is 0 Å². The molecule has 0 atom stereocenters. The van der Waals surface area contributed by atoms with E-state index in [2.05, 4.69) is 33.8 Å². The lowest BCUT2D eigenvalue weighted by Crippen LogP contribution is -2.03. The summed E-state index contributed by atoms with van der Waals surface area (Å²) in [5, 5.41) is 1.15. The van der Waals surface area contributed by atoms with Gasteiger partial charge in [0.15, 0.2) is 11.4 Å². The average molecular weight is 403 g/mol. The van der Waals surface area contributed by atoms with Crippen molar-refractivity contribution in [2.24, 2.45) is 7.05 Å². The van der Waals surface area contributed by atoms with E-state index in [0.717, 1.165) is 27.9 Å². The highest BCUT2D eigenvalue weighted by Gasteiger charge is 2.16. The Bertz CT molecular complexity index is 1380. The first-order valence-electron chi connectivity index (χ1n) is 9.62. The van der Waals surface area contributed by atoms with Crippen molar-refractivity contribution >= 4 is 16.6 Å². The van der Waals surface area contributed by atoms with Gasteiger partial charge >= 0.3 is 0 Å². The zero-order valence-corrected chi connectivity index (χ0v) is 16.6. The van der Waals surface area contributed by atoms with Gasteiger partial charge in [0.2, 0.25) is 0 Å². The van der Waals surface area contributed by atoms with Crippen LogP contribution in [-0.2, 0) is 13.7 Å². The summed E-state index contributed by atoms with van der Waals surface area (Å²) >= 11 is 0. The number of hydrogen-bond donors (Lipinski definition) is 0. The minimum atomic E-state index is -0.627. The number of aromatic nitrogens is 3. The lowest BCUT2D eigenvalue weighted by Gasteiger charge is -2.10. The average Bonchev–Trinajstić information content (AvgIpc) is 3.27. The molecule has 4 nitrogen and oxygen atoms in total. The van der Waals surface area contributed by atoms with Crippen molar-refractivity contribution in [3.63, 3.8) is 0 Å². The predicted octanol–water partition coefficient (Wildman–Crippen LogP) is 5.66. The van der Waals surface area contributed by atoms with Crippen LogP contribution in [0.3, 0.4) is 0 Å². The van der Waals surface area contributed by atoms with Crippen LogP contribution in [0.2, 0.25) is 0 Å². The van der Waals surface area contributed by atoms with E-state index in [1.807, 2.05) is 36.8 Å². The number of benzene rings is 2. The number of rotatable bonds is 4. The van der Waals surface area contributed by atoms with Gasteiger partial charge in [0, 0.05) is 35.9 Å². The predicted molar refractivity (Wildman–Crippen MR) is 113 cm³/mol. The standard InChI is InChI=1S/C24H19F2N3O/c1-15-23(17-8-9-21-16(13-17)10-12-28(21)2)29-11-4-7-22(24(29)27-15)30-14-18-19(25)5-3-6-20(18)26/h3-13H,14H2,1-2H3. The molecule has 2 aromatic carbocycles. The number of halogens is 2. The maximum atomic E-state index is 13.9. The van der Waals surface area contributed by atoms with Gasteiger partial charge in [-0.25, -0.2) is 13.8 Å². The third-order valence-corrected chi connectivity index (χ3v) is 5.38. The lowest BCUT2D eigenvalue weighted by molar-refractivity contribution is 0.294. The molecule has 0 fully saturated rings. The number of fused-ring (bicyclic) bond motifs is 2. The van der Waals surface area contributed by atoms with Crippen LogP contribution in [0.5, 0.6) is 5.75 Å². The maximum absolute atomic E-state index is 13.9. The van der Waals surface area contributed by atoms with Gasteiger partial charge in [-0.2, -0.15) is 0 Å². The topological polar surface area (TPSA) is 31.5 Å². The number of imidazole rings is 1. The third kappa shape index (κ3) is 2.92. The highest BCUT2D eigenvalue weighted by atomic mass is 19.1. The van der Waals surface area contributed by atoms with E-state index in [1.165, 1.54) is 18.2 Å². The normalized spacial score (nSPS) is 11.5. The van der Waals surface area contributed by atoms with E-state index in [9.17, 15) is 8.78 Å². The van der Waals surface area contributed by atoms with Crippen LogP contribution in [0.25, 0.3) is 27.8 Å². The summed E-state index contributed by atoms with van der Waals surface area (Å²) in [6.07, 6.45) is 3.94. The SMILES string of the molecule is Cc1nc2c(OCc3c(F)cccc3F)cccn2c1-c1ccc2c(ccn2C)c1. The Hall–Kier alpha value is -3.67. The van der Waals surface area contributed by atoms with Crippen molar-refractivity contribution in [3.05, 3.63) is 89.9 Å². The minimum Gasteiger partial charge on any atom is -0.485 e. The number of nitrogens with zero attached hydrogens (tertiary/aromatic N) is 3. The van der Waals surface area contributed by atoms with E-state index < -0.39 is 11.6 Å². The van der Waals surface area contributed by atoms with Gasteiger partial charge in [-0.3, -0.25) is 4.40 Å². The molecule has 0 spiro atoms. The summed E-state index contributed by atoms with van der Waals surface area (Å²) in [5.74, 6) is -0.785. The summed E-state index contributed by atoms with van der Waals surface area (Å²) in [4.78, 5) is 4.68. The smallest absolute Gasteiger partial charge is 0.180 e. The quantitative estimate of drug-likeness (QED) is 0.388. The summed E-state index contributed by atoms with van der Waals surface area (Å²) < 4.78 is 37.7. The van der Waals surface area contributed by atoms with Crippen molar-refractivity contribution in [1.29, 1.82) is 0 Å². The van der Waals surface area contributed by atoms with Crippen LogP contribution >= 0.6 is 0 Å². The Morgan fingerprint density at radius 1 is 0.967 bits per heavy atom. The highest BCUT2D eigenvalue weighted by molar-refractivity contribution is 5.86. The molecule has 0 radical (unpaired) electrons. The van der Waals surface area contributed by atoms with Gasteiger partial charge in [-0.1, -0.05) is 12.1 Å². The molecule has 0 aliphatic carbocycles. The first kappa shape index (κ1) is 18.4. The summed E-state index contributed by atoms with van der Waals surface area (Å²) in [5.41, 5.74) is 4.50. The molecule has 0 N–H and O–H groups in total. The molecule has 0 saturated carbocycles. The molecule has 5 rings (SSSR count). The van der Waals surface area contributed by atoms with Crippen LogP contribution in [0.4, 0.5) is 8.78 Å². The second-order valence-corrected chi connectivity index (χ2v) is 7.30. The van der Waals surface area contributed by atoms with Crippen LogP contribution < -0.4 is 4.74 Å². The molecule has 3 aromatic heterocycles. The molecular weight excluding hydrogens is 384 g/mol. The lowest BCUT2D eigenvalue weighted by atomic mass is 10.1. The van der Waals surface area contributed by atoms with Gasteiger partial charge in [-0.15, -0.1) is 0 Å². The number of pyridine rings is 1. The van der Waals surface area contributed by atoms with Crippen LogP contribution in [0, 0.1) is 18.6 Å². The van der Waals surface area contributed by atoms with Crippen LogP contribution in [0.1, 0.15) is 11.3 Å². The first-order chi connectivity index (χ1) is 14.5. The van der Waals surface area contributed by atoms with Crippen molar-refractivity contribution in [2.75, 3.05) is 0 Å². The van der Waals surface area contributed by atoms with Crippen LogP contribution in [0.15, 0.2) is 67.0 Å². The zero-order chi connectivity index (χ0) is 20.8. The van der Waals surface area contributed by atoms with Gasteiger partial charge in [-0.05, 0) is 49.4 Å². The molecule has 6 heteroatoms. The number of hydrogen-bond acceptors (Lipinski definition) is 2. The second-order valence-electron chi connectivity index (χ2n) is 7.30. The van der Waals surface area contributed by atoms with Gasteiger partial charge in [0.25, 0.3) is 0 Å². The molecule has 0 amide bonds. The highest BCUT2D eigenvalue weighted by Crippen LogP contribution is 2.31. The maximum Gasteiger partial charge on any atom is 0.180 e. The van der Waals surface area contributed by atoms with E-state index in [-0.39, 0.29) is 12.2 Å². The first-order valence-corrected chi connectivity index (χ1v) is 9.62. The number of aryl methyl sites for hydroxylation is 2. The minimum absolute atomic E-state index is 0.0995. The van der Waals surface area contributed by atoms with Gasteiger partial charge in [0.05, 0.1) is 17.0 Å². The Balaban J connectivity index is 1.56. The summed E-state index contributed by atoms with van der Waals surface area (Å²) in [6.45, 7) is 1.73. The summed E-state index contributed by atoms with van der Waals surface area (Å²) in [6, 6.07) is 15.7. The zero-order valence-electron chi connectivity index (χ0n) is 16.6. The molecule has 3 heterocycles. The molecule has 0 aliphatic rings. The largest absolute Gasteiger partial charge is 0.485 e. The number of ether oxygens (including phenoxy) is 1. The van der Waals surface area contributed by atoms with Gasteiger partial charge in [0.1, 0.15) is 18.2 Å². The van der Waals surface area contributed by atoms with Gasteiger partial charge < -0.3 is 9.30 Å². The Morgan fingerprint density at radius 3 is 2.57 bits per heavy atom. The fourth-order valence-corrected chi connectivity index (χ4v) is 3.87. The molecule has 30 heavy (non-hydrogen) atoms. The molecule has 0 bridgehead atoms. The molecule has 0 aliphatic heterocycles. The second kappa shape index (κ2) is 6.99. The van der Waals surface area contributed by atoms with Crippen molar-refractivity contribution in [2.45, 2.75) is 13.5 Å². The molecule has 150 valence electrons. The monoisotopic (exact) mass is 403 g/mol. The fourth-order valence-electron chi connectivity index (χ4n) is 3.87.